The summed E-state index contributed by atoms with van der Waals surface area (Å²) in [5.41, 5.74) is 2.12. The van der Waals surface area contributed by atoms with Gasteiger partial charge in [0.1, 0.15) is 0 Å². The van der Waals surface area contributed by atoms with E-state index in [0.717, 1.165) is 11.3 Å². The molecule has 0 aliphatic carbocycles. The molecule has 3 rings (SSSR count). The number of halogens is 1. The maximum absolute atomic E-state index is 12.1. The van der Waals surface area contributed by atoms with Crippen LogP contribution in [-0.4, -0.2) is 20.9 Å². The lowest BCUT2D eigenvalue weighted by atomic mass is 10.2. The largest absolute Gasteiger partial charge is 0.350 e. The average molecular weight is 354 g/mol. The molecular weight excluding hydrogens is 338 g/mol. The number of amides is 1. The Morgan fingerprint density at radius 1 is 0.960 bits per heavy atom. The van der Waals surface area contributed by atoms with Crippen molar-refractivity contribution in [1.29, 1.82) is 0 Å². The summed E-state index contributed by atoms with van der Waals surface area (Å²) in [6.07, 6.45) is 4.65. The zero-order valence-corrected chi connectivity index (χ0v) is 14.1. The second kappa shape index (κ2) is 8.21. The first-order valence-electron chi connectivity index (χ1n) is 7.70. The second-order valence-corrected chi connectivity index (χ2v) is 5.65. The van der Waals surface area contributed by atoms with Gasteiger partial charge in [-0.15, -0.1) is 0 Å². The molecule has 0 aliphatic rings. The summed E-state index contributed by atoms with van der Waals surface area (Å²) >= 11 is 6.10. The lowest BCUT2D eigenvalue weighted by Gasteiger charge is -2.07. The van der Waals surface area contributed by atoms with E-state index in [-0.39, 0.29) is 5.91 Å². The van der Waals surface area contributed by atoms with E-state index < -0.39 is 0 Å². The van der Waals surface area contributed by atoms with Crippen LogP contribution in [-0.2, 0) is 13.1 Å². The maximum Gasteiger partial charge on any atom is 0.254 e. The van der Waals surface area contributed by atoms with Crippen molar-refractivity contribution in [3.8, 4) is 0 Å². The number of hydrogen-bond acceptors (Lipinski definition) is 5. The third-order valence-electron chi connectivity index (χ3n) is 3.47. The number of carbonyl (C=O) groups excluding carboxylic acids is 1. The van der Waals surface area contributed by atoms with Gasteiger partial charge in [-0.05, 0) is 23.8 Å². The van der Waals surface area contributed by atoms with Crippen LogP contribution in [0.4, 0.5) is 5.95 Å². The molecule has 0 saturated carbocycles. The molecule has 1 amide bonds. The highest BCUT2D eigenvalue weighted by Crippen LogP contribution is 2.15. The Labute approximate surface area is 150 Å². The Balaban J connectivity index is 1.54. The van der Waals surface area contributed by atoms with Crippen LogP contribution in [0.25, 0.3) is 0 Å². The van der Waals surface area contributed by atoms with Crippen molar-refractivity contribution >= 4 is 23.5 Å². The van der Waals surface area contributed by atoms with E-state index in [1.807, 2.05) is 42.5 Å². The molecule has 0 saturated heterocycles. The van der Waals surface area contributed by atoms with Gasteiger partial charge in [-0.3, -0.25) is 9.78 Å². The second-order valence-electron chi connectivity index (χ2n) is 5.24. The summed E-state index contributed by atoms with van der Waals surface area (Å²) in [5.74, 6) is 0.185. The summed E-state index contributed by atoms with van der Waals surface area (Å²) in [7, 11) is 0. The first kappa shape index (κ1) is 16.9. The van der Waals surface area contributed by atoms with Crippen molar-refractivity contribution in [3.05, 3.63) is 82.9 Å². The highest BCUT2D eigenvalue weighted by molar-refractivity contribution is 6.31. The SMILES string of the molecule is O=C(NCc1ccccn1)c1cnc(NCc2ccccc2Cl)nc1. The van der Waals surface area contributed by atoms with Gasteiger partial charge in [0.25, 0.3) is 5.91 Å². The van der Waals surface area contributed by atoms with Gasteiger partial charge in [0, 0.05) is 30.2 Å². The number of rotatable bonds is 6. The molecule has 126 valence electrons. The van der Waals surface area contributed by atoms with Gasteiger partial charge >= 0.3 is 0 Å². The van der Waals surface area contributed by atoms with E-state index in [0.29, 0.717) is 29.6 Å². The number of hydrogen-bond donors (Lipinski definition) is 2. The Kier molecular flexibility index (Phi) is 5.53. The summed E-state index contributed by atoms with van der Waals surface area (Å²) < 4.78 is 0. The molecule has 2 aromatic heterocycles. The summed E-state index contributed by atoms with van der Waals surface area (Å²) in [6.45, 7) is 0.858. The van der Waals surface area contributed by atoms with Crippen LogP contribution < -0.4 is 10.6 Å². The van der Waals surface area contributed by atoms with Crippen molar-refractivity contribution in [2.45, 2.75) is 13.1 Å². The molecule has 3 aromatic rings. The van der Waals surface area contributed by atoms with Gasteiger partial charge in [0.05, 0.1) is 17.8 Å². The fraction of sp³-hybridized carbons (Fsp3) is 0.111. The topological polar surface area (TPSA) is 79.8 Å². The lowest BCUT2D eigenvalue weighted by Crippen LogP contribution is -2.23. The third-order valence-corrected chi connectivity index (χ3v) is 3.83. The van der Waals surface area contributed by atoms with E-state index in [1.54, 1.807) is 6.20 Å². The quantitative estimate of drug-likeness (QED) is 0.712. The molecule has 0 unspecified atom stereocenters. The van der Waals surface area contributed by atoms with Gasteiger partial charge in [0.15, 0.2) is 0 Å². The van der Waals surface area contributed by atoms with E-state index in [1.165, 1.54) is 12.4 Å². The van der Waals surface area contributed by atoms with Crippen LogP contribution >= 0.6 is 11.6 Å². The van der Waals surface area contributed by atoms with Crippen LogP contribution in [0.1, 0.15) is 21.6 Å². The third kappa shape index (κ3) is 4.74. The monoisotopic (exact) mass is 353 g/mol. The van der Waals surface area contributed by atoms with Crippen LogP contribution in [0, 0.1) is 0 Å². The van der Waals surface area contributed by atoms with E-state index in [4.69, 9.17) is 11.6 Å². The minimum atomic E-state index is -0.247. The zero-order valence-electron chi connectivity index (χ0n) is 13.3. The molecule has 25 heavy (non-hydrogen) atoms. The number of pyridine rings is 1. The molecule has 6 nitrogen and oxygen atoms in total. The highest BCUT2D eigenvalue weighted by Gasteiger charge is 2.07. The summed E-state index contributed by atoms with van der Waals surface area (Å²) in [4.78, 5) is 24.6. The Hall–Kier alpha value is -2.99. The van der Waals surface area contributed by atoms with Crippen molar-refractivity contribution in [2.75, 3.05) is 5.32 Å². The van der Waals surface area contributed by atoms with E-state index in [9.17, 15) is 4.79 Å². The van der Waals surface area contributed by atoms with Crippen LogP contribution in [0.2, 0.25) is 5.02 Å². The molecule has 0 aliphatic heterocycles. The smallest absolute Gasteiger partial charge is 0.254 e. The molecule has 0 fully saturated rings. The van der Waals surface area contributed by atoms with Crippen molar-refractivity contribution < 1.29 is 4.79 Å². The Morgan fingerprint density at radius 3 is 2.44 bits per heavy atom. The molecule has 1 aromatic carbocycles. The van der Waals surface area contributed by atoms with Gasteiger partial charge in [-0.25, -0.2) is 9.97 Å². The number of aromatic nitrogens is 3. The highest BCUT2D eigenvalue weighted by atomic mass is 35.5. The Morgan fingerprint density at radius 2 is 1.72 bits per heavy atom. The van der Waals surface area contributed by atoms with E-state index >= 15 is 0 Å². The molecule has 2 heterocycles. The van der Waals surface area contributed by atoms with Gasteiger partial charge in [-0.2, -0.15) is 0 Å². The lowest BCUT2D eigenvalue weighted by molar-refractivity contribution is 0.0949. The first-order valence-corrected chi connectivity index (χ1v) is 8.07. The number of nitrogens with zero attached hydrogens (tertiary/aromatic N) is 3. The van der Waals surface area contributed by atoms with Crippen LogP contribution in [0.15, 0.2) is 61.1 Å². The summed E-state index contributed by atoms with van der Waals surface area (Å²) in [5, 5.41) is 6.54. The maximum atomic E-state index is 12.1. The zero-order chi connectivity index (χ0) is 17.5. The fourth-order valence-corrected chi connectivity index (χ4v) is 2.33. The van der Waals surface area contributed by atoms with Gasteiger partial charge in [0.2, 0.25) is 5.95 Å². The van der Waals surface area contributed by atoms with Crippen LogP contribution in [0.3, 0.4) is 0 Å². The minimum Gasteiger partial charge on any atom is -0.350 e. The first-order chi connectivity index (χ1) is 12.2. The van der Waals surface area contributed by atoms with E-state index in [2.05, 4.69) is 25.6 Å². The Bertz CT molecular complexity index is 840. The predicted octanol–water partition coefficient (Wildman–Crippen LogP) is 3.07. The van der Waals surface area contributed by atoms with Crippen molar-refractivity contribution in [2.24, 2.45) is 0 Å². The molecule has 0 bridgehead atoms. The number of benzene rings is 1. The van der Waals surface area contributed by atoms with Gasteiger partial charge < -0.3 is 10.6 Å². The standard InChI is InChI=1S/C18H16ClN5O/c19-16-7-2-1-5-13(16)9-22-18-23-10-14(11-24-18)17(25)21-12-15-6-3-4-8-20-15/h1-8,10-11H,9,12H2,(H,21,25)(H,22,23,24). The van der Waals surface area contributed by atoms with Crippen molar-refractivity contribution in [3.63, 3.8) is 0 Å². The molecule has 0 radical (unpaired) electrons. The molecule has 2 N–H and O–H groups in total. The number of carbonyl (C=O) groups is 1. The molecular formula is C18H16ClN5O. The van der Waals surface area contributed by atoms with Crippen molar-refractivity contribution in [1.82, 2.24) is 20.3 Å². The number of nitrogens with one attached hydrogen (secondary N) is 2. The average Bonchev–Trinajstić information content (AvgIpc) is 2.67. The molecule has 0 spiro atoms. The predicted molar refractivity (Wildman–Crippen MR) is 96.2 cm³/mol. The van der Waals surface area contributed by atoms with Crippen LogP contribution in [0.5, 0.6) is 0 Å². The fourth-order valence-electron chi connectivity index (χ4n) is 2.13. The minimum absolute atomic E-state index is 0.247. The molecule has 7 heteroatoms. The molecule has 0 atom stereocenters. The normalized spacial score (nSPS) is 10.3. The summed E-state index contributed by atoms with van der Waals surface area (Å²) in [6, 6.07) is 13.1. The number of anilines is 1. The van der Waals surface area contributed by atoms with Gasteiger partial charge in [-0.1, -0.05) is 35.9 Å².